The molecule has 2 amide bonds. The number of hydrogen-bond donors (Lipinski definition) is 2. The number of esters is 1. The molecule has 0 radical (unpaired) electrons. The monoisotopic (exact) mass is 394 g/mol. The summed E-state index contributed by atoms with van der Waals surface area (Å²) in [5.41, 5.74) is 1.54. The smallest absolute Gasteiger partial charge is 0.374 e. The molecule has 0 atom stereocenters. The second-order valence-corrected chi connectivity index (χ2v) is 5.75. The largest absolute Gasteiger partial charge is 0.457 e. The predicted molar refractivity (Wildman–Crippen MR) is 89.5 cm³/mol. The molecule has 8 heteroatoms. The number of furan rings is 1. The van der Waals surface area contributed by atoms with E-state index in [4.69, 9.17) is 9.15 Å². The standard InChI is InChI=1S/C16H15BrN2O5/c1-10-7-11(17)4-5-12(10)19-14(20)8-18-15(21)9-24-16(22)13-3-2-6-23-13/h2-7H,8-9H2,1H3,(H,18,21)(H,19,20). The van der Waals surface area contributed by atoms with Crippen molar-refractivity contribution in [2.75, 3.05) is 18.5 Å². The van der Waals surface area contributed by atoms with Crippen LogP contribution in [-0.4, -0.2) is 30.9 Å². The van der Waals surface area contributed by atoms with Crippen molar-refractivity contribution in [1.29, 1.82) is 0 Å². The van der Waals surface area contributed by atoms with Crippen LogP contribution in [0.4, 0.5) is 5.69 Å². The van der Waals surface area contributed by atoms with Gasteiger partial charge in [-0.05, 0) is 42.8 Å². The van der Waals surface area contributed by atoms with Gasteiger partial charge in [-0.3, -0.25) is 9.59 Å². The average Bonchev–Trinajstić information content (AvgIpc) is 3.08. The van der Waals surface area contributed by atoms with Crippen molar-refractivity contribution in [3.05, 3.63) is 52.4 Å². The number of halogens is 1. The zero-order valence-corrected chi connectivity index (χ0v) is 14.4. The lowest BCUT2D eigenvalue weighted by molar-refractivity contribution is -0.126. The van der Waals surface area contributed by atoms with Gasteiger partial charge >= 0.3 is 5.97 Å². The Bertz CT molecular complexity index is 743. The van der Waals surface area contributed by atoms with Crippen molar-refractivity contribution < 1.29 is 23.5 Å². The van der Waals surface area contributed by atoms with E-state index in [1.54, 1.807) is 12.1 Å². The van der Waals surface area contributed by atoms with E-state index in [9.17, 15) is 14.4 Å². The Kier molecular flexibility index (Phi) is 6.14. The molecule has 2 aromatic rings. The fourth-order valence-corrected chi connectivity index (χ4v) is 2.26. The maximum absolute atomic E-state index is 11.8. The van der Waals surface area contributed by atoms with Crippen molar-refractivity contribution in [2.24, 2.45) is 0 Å². The van der Waals surface area contributed by atoms with Gasteiger partial charge in [0.25, 0.3) is 5.91 Å². The molecule has 0 bridgehead atoms. The lowest BCUT2D eigenvalue weighted by atomic mass is 10.2. The number of rotatable bonds is 6. The molecule has 1 aromatic heterocycles. The third-order valence-electron chi connectivity index (χ3n) is 2.97. The molecular weight excluding hydrogens is 380 g/mol. The molecule has 2 rings (SSSR count). The number of carbonyl (C=O) groups excluding carboxylic acids is 3. The van der Waals surface area contributed by atoms with Crippen molar-refractivity contribution >= 4 is 39.4 Å². The number of carbonyl (C=O) groups is 3. The molecule has 0 aliphatic rings. The number of amides is 2. The van der Waals surface area contributed by atoms with Crippen LogP contribution in [0.25, 0.3) is 0 Å². The van der Waals surface area contributed by atoms with Crippen LogP contribution < -0.4 is 10.6 Å². The van der Waals surface area contributed by atoms with E-state index >= 15 is 0 Å². The fraction of sp³-hybridized carbons (Fsp3) is 0.188. The summed E-state index contributed by atoms with van der Waals surface area (Å²) in [6.07, 6.45) is 1.32. The minimum Gasteiger partial charge on any atom is -0.457 e. The van der Waals surface area contributed by atoms with Crippen LogP contribution in [0.1, 0.15) is 16.1 Å². The molecule has 1 heterocycles. The maximum atomic E-state index is 11.8. The Morgan fingerprint density at radius 2 is 2.00 bits per heavy atom. The van der Waals surface area contributed by atoms with Gasteiger partial charge in [0, 0.05) is 10.2 Å². The third-order valence-corrected chi connectivity index (χ3v) is 3.46. The first-order valence-electron chi connectivity index (χ1n) is 6.99. The maximum Gasteiger partial charge on any atom is 0.374 e. The fourth-order valence-electron chi connectivity index (χ4n) is 1.79. The van der Waals surface area contributed by atoms with Gasteiger partial charge in [-0.25, -0.2) is 4.79 Å². The van der Waals surface area contributed by atoms with Crippen LogP contribution in [0, 0.1) is 6.92 Å². The van der Waals surface area contributed by atoms with Crippen LogP contribution in [0.5, 0.6) is 0 Å². The highest BCUT2D eigenvalue weighted by Crippen LogP contribution is 2.19. The Labute approximate surface area is 146 Å². The highest BCUT2D eigenvalue weighted by Gasteiger charge is 2.13. The number of benzene rings is 1. The van der Waals surface area contributed by atoms with Crippen LogP contribution in [0.3, 0.4) is 0 Å². The first-order valence-corrected chi connectivity index (χ1v) is 7.78. The molecule has 1 aromatic carbocycles. The van der Waals surface area contributed by atoms with Crippen LogP contribution in [-0.2, 0) is 14.3 Å². The molecule has 0 aliphatic heterocycles. The second-order valence-electron chi connectivity index (χ2n) is 4.84. The number of anilines is 1. The summed E-state index contributed by atoms with van der Waals surface area (Å²) in [6, 6.07) is 8.38. The Morgan fingerprint density at radius 3 is 2.67 bits per heavy atom. The van der Waals surface area contributed by atoms with E-state index in [0.29, 0.717) is 5.69 Å². The molecular formula is C16H15BrN2O5. The Morgan fingerprint density at radius 1 is 1.21 bits per heavy atom. The predicted octanol–water partition coefficient (Wildman–Crippen LogP) is 2.26. The van der Waals surface area contributed by atoms with Crippen molar-refractivity contribution in [1.82, 2.24) is 5.32 Å². The summed E-state index contributed by atoms with van der Waals surface area (Å²) < 4.78 is 10.5. The molecule has 0 saturated heterocycles. The van der Waals surface area contributed by atoms with Gasteiger partial charge < -0.3 is 19.8 Å². The lowest BCUT2D eigenvalue weighted by Crippen LogP contribution is -2.35. The highest BCUT2D eigenvalue weighted by molar-refractivity contribution is 9.10. The SMILES string of the molecule is Cc1cc(Br)ccc1NC(=O)CNC(=O)COC(=O)c1ccco1. The average molecular weight is 395 g/mol. The Balaban J connectivity index is 1.73. The van der Waals surface area contributed by atoms with E-state index in [2.05, 4.69) is 26.6 Å². The van der Waals surface area contributed by atoms with Gasteiger partial charge in [0.1, 0.15) is 0 Å². The molecule has 24 heavy (non-hydrogen) atoms. The molecule has 0 unspecified atom stereocenters. The molecule has 0 aliphatic carbocycles. The molecule has 7 nitrogen and oxygen atoms in total. The van der Waals surface area contributed by atoms with E-state index in [0.717, 1.165) is 10.0 Å². The topological polar surface area (TPSA) is 97.6 Å². The van der Waals surface area contributed by atoms with E-state index < -0.39 is 18.5 Å². The third kappa shape index (κ3) is 5.24. The molecule has 2 N–H and O–H groups in total. The van der Waals surface area contributed by atoms with E-state index in [1.165, 1.54) is 18.4 Å². The second kappa shape index (κ2) is 8.30. The number of hydrogen-bond acceptors (Lipinski definition) is 5. The summed E-state index contributed by atoms with van der Waals surface area (Å²) in [7, 11) is 0. The summed E-state index contributed by atoms with van der Waals surface area (Å²) in [4.78, 5) is 34.9. The molecule has 126 valence electrons. The van der Waals surface area contributed by atoms with Crippen molar-refractivity contribution in [3.63, 3.8) is 0 Å². The summed E-state index contributed by atoms with van der Waals surface area (Å²) in [6.45, 7) is 1.13. The normalized spacial score (nSPS) is 10.1. The quantitative estimate of drug-likeness (QED) is 0.732. The molecule has 0 saturated carbocycles. The van der Waals surface area contributed by atoms with Gasteiger partial charge in [0.05, 0.1) is 12.8 Å². The van der Waals surface area contributed by atoms with Gasteiger partial charge in [-0.2, -0.15) is 0 Å². The molecule has 0 fully saturated rings. The lowest BCUT2D eigenvalue weighted by Gasteiger charge is -2.09. The van der Waals surface area contributed by atoms with Crippen LogP contribution >= 0.6 is 15.9 Å². The van der Waals surface area contributed by atoms with Gasteiger partial charge in [-0.15, -0.1) is 0 Å². The number of ether oxygens (including phenoxy) is 1. The minimum absolute atomic E-state index is 0.00579. The summed E-state index contributed by atoms with van der Waals surface area (Å²) in [5, 5.41) is 5.05. The number of nitrogens with one attached hydrogen (secondary N) is 2. The van der Waals surface area contributed by atoms with Crippen molar-refractivity contribution in [2.45, 2.75) is 6.92 Å². The van der Waals surface area contributed by atoms with Gasteiger partial charge in [-0.1, -0.05) is 15.9 Å². The van der Waals surface area contributed by atoms with E-state index in [-0.39, 0.29) is 18.2 Å². The van der Waals surface area contributed by atoms with Gasteiger partial charge in [0.15, 0.2) is 6.61 Å². The van der Waals surface area contributed by atoms with E-state index in [1.807, 2.05) is 13.0 Å². The Hall–Kier alpha value is -2.61. The first kappa shape index (κ1) is 17.7. The number of aryl methyl sites for hydroxylation is 1. The zero-order valence-electron chi connectivity index (χ0n) is 12.8. The zero-order chi connectivity index (χ0) is 17.5. The minimum atomic E-state index is -0.745. The van der Waals surface area contributed by atoms with Crippen LogP contribution in [0.2, 0.25) is 0 Å². The van der Waals surface area contributed by atoms with Crippen molar-refractivity contribution in [3.8, 4) is 0 Å². The summed E-state index contributed by atoms with van der Waals surface area (Å²) >= 11 is 3.34. The molecule has 0 spiro atoms. The highest BCUT2D eigenvalue weighted by atomic mass is 79.9. The summed E-state index contributed by atoms with van der Waals surface area (Å²) in [5.74, 6) is -1.71. The van der Waals surface area contributed by atoms with Gasteiger partial charge in [0.2, 0.25) is 11.7 Å². The van der Waals surface area contributed by atoms with Crippen LogP contribution in [0.15, 0.2) is 45.5 Å². The first-order chi connectivity index (χ1) is 11.5.